The Balaban J connectivity index is 3.79. The minimum atomic E-state index is -0.366. The number of ether oxygens (including phenoxy) is 4. The highest BCUT2D eigenvalue weighted by molar-refractivity contribution is 5.81. The lowest BCUT2D eigenvalue weighted by Crippen LogP contribution is -2.10. The molecule has 0 bridgehead atoms. The molecule has 0 aromatic rings. The lowest BCUT2D eigenvalue weighted by molar-refractivity contribution is -0.145. The maximum atomic E-state index is 11.6. The molecule has 0 rings (SSSR count). The predicted molar refractivity (Wildman–Crippen MR) is 110 cm³/mol. The van der Waals surface area contributed by atoms with Crippen molar-refractivity contribution in [2.45, 2.75) is 46.0 Å². The third-order valence-corrected chi connectivity index (χ3v) is 3.74. The van der Waals surface area contributed by atoms with Crippen LogP contribution in [0.15, 0.2) is 37.0 Å². The minimum absolute atomic E-state index is 0.115. The third-order valence-electron chi connectivity index (χ3n) is 3.74. The van der Waals surface area contributed by atoms with Gasteiger partial charge in [0.25, 0.3) is 0 Å². The van der Waals surface area contributed by atoms with E-state index < -0.39 is 0 Å². The monoisotopic (exact) mass is 396 g/mol. The number of hydrogen-bond donors (Lipinski definition) is 0. The Labute approximate surface area is 169 Å². The molecule has 1 unspecified atom stereocenters. The smallest absolute Gasteiger partial charge is 0.330 e. The molecule has 0 N–H and O–H groups in total. The van der Waals surface area contributed by atoms with Crippen LogP contribution < -0.4 is 0 Å². The molecule has 0 amide bonds. The van der Waals surface area contributed by atoms with Gasteiger partial charge in [-0.15, -0.1) is 6.58 Å². The summed E-state index contributed by atoms with van der Waals surface area (Å²) in [6, 6.07) is 0. The maximum absolute atomic E-state index is 11.6. The van der Waals surface area contributed by atoms with Crippen molar-refractivity contribution in [2.75, 3.05) is 39.6 Å². The van der Waals surface area contributed by atoms with Crippen LogP contribution in [0, 0.1) is 5.92 Å². The van der Waals surface area contributed by atoms with Crippen LogP contribution in [0.2, 0.25) is 0 Å². The molecule has 0 fully saturated rings. The Morgan fingerprint density at radius 1 is 0.929 bits per heavy atom. The summed E-state index contributed by atoms with van der Waals surface area (Å²) in [5, 5.41) is 0. The fraction of sp³-hybridized carbons (Fsp3) is 0.636. The number of allylic oxidation sites excluding steroid dienone is 4. The van der Waals surface area contributed by atoms with Crippen LogP contribution in [0.5, 0.6) is 0 Å². The lowest BCUT2D eigenvalue weighted by atomic mass is 10.0. The van der Waals surface area contributed by atoms with Crippen LogP contribution in [-0.4, -0.2) is 51.6 Å². The standard InChI is InChI=1S/C22H36O6/c1-4-20(14-15-22(24)28-19-17-26-6-3)12-10-8-7-9-11-13-21(23)27-18-16-25-5-2/h4,7-8,14-15,20H,1,5-6,9-13,16-19H2,2-3H3. The van der Waals surface area contributed by atoms with Crippen LogP contribution in [0.1, 0.15) is 46.0 Å². The van der Waals surface area contributed by atoms with E-state index >= 15 is 0 Å². The first-order chi connectivity index (χ1) is 13.6. The van der Waals surface area contributed by atoms with Crippen molar-refractivity contribution in [1.82, 2.24) is 0 Å². The summed E-state index contributed by atoms with van der Waals surface area (Å²) in [6.45, 7) is 10.3. The van der Waals surface area contributed by atoms with E-state index in [1.807, 2.05) is 26.0 Å². The van der Waals surface area contributed by atoms with E-state index in [2.05, 4.69) is 18.7 Å². The van der Waals surface area contributed by atoms with Crippen LogP contribution >= 0.6 is 0 Å². The quantitative estimate of drug-likeness (QED) is 0.151. The number of carbonyl (C=O) groups excluding carboxylic acids is 2. The van der Waals surface area contributed by atoms with Gasteiger partial charge in [0.1, 0.15) is 13.2 Å². The summed E-state index contributed by atoms with van der Waals surface area (Å²) in [5.74, 6) is -0.433. The molecular formula is C22H36O6. The predicted octanol–water partition coefficient (Wildman–Crippen LogP) is 4.01. The van der Waals surface area contributed by atoms with E-state index in [1.165, 1.54) is 6.08 Å². The molecule has 6 nitrogen and oxygen atoms in total. The Morgan fingerprint density at radius 3 is 2.21 bits per heavy atom. The fourth-order valence-corrected chi connectivity index (χ4v) is 2.21. The maximum Gasteiger partial charge on any atom is 0.330 e. The van der Waals surface area contributed by atoms with Crippen LogP contribution in [0.4, 0.5) is 0 Å². The molecule has 0 saturated carbocycles. The first-order valence-electron chi connectivity index (χ1n) is 10.1. The molecule has 28 heavy (non-hydrogen) atoms. The van der Waals surface area contributed by atoms with Crippen molar-refractivity contribution in [3.8, 4) is 0 Å². The van der Waals surface area contributed by atoms with Crippen molar-refractivity contribution in [2.24, 2.45) is 5.92 Å². The zero-order valence-corrected chi connectivity index (χ0v) is 17.4. The molecule has 160 valence electrons. The average molecular weight is 397 g/mol. The normalized spacial score (nSPS) is 12.4. The van der Waals surface area contributed by atoms with Gasteiger partial charge in [0.15, 0.2) is 0 Å². The Bertz CT molecular complexity index is 470. The van der Waals surface area contributed by atoms with E-state index in [0.29, 0.717) is 39.5 Å². The van der Waals surface area contributed by atoms with Gasteiger partial charge < -0.3 is 18.9 Å². The van der Waals surface area contributed by atoms with Gasteiger partial charge >= 0.3 is 11.9 Å². The van der Waals surface area contributed by atoms with Gasteiger partial charge in [-0.2, -0.15) is 0 Å². The van der Waals surface area contributed by atoms with Crippen LogP contribution in [-0.2, 0) is 28.5 Å². The van der Waals surface area contributed by atoms with Crippen molar-refractivity contribution in [3.63, 3.8) is 0 Å². The molecule has 0 heterocycles. The SMILES string of the molecule is C=CC(C=CC(=O)OCCOCC)CCC=CCCCC(=O)OCCOCC. The van der Waals surface area contributed by atoms with Gasteiger partial charge in [-0.1, -0.05) is 24.3 Å². The molecule has 0 aliphatic carbocycles. The number of carbonyl (C=O) groups is 2. The van der Waals surface area contributed by atoms with Crippen molar-refractivity contribution >= 4 is 11.9 Å². The second kappa shape index (κ2) is 19.8. The van der Waals surface area contributed by atoms with Crippen molar-refractivity contribution in [1.29, 1.82) is 0 Å². The Kier molecular flexibility index (Phi) is 18.5. The van der Waals surface area contributed by atoms with Gasteiger partial charge in [0, 0.05) is 25.7 Å². The lowest BCUT2D eigenvalue weighted by Gasteiger charge is -2.05. The molecule has 0 aliphatic rings. The fourth-order valence-electron chi connectivity index (χ4n) is 2.21. The number of esters is 2. The Morgan fingerprint density at radius 2 is 1.57 bits per heavy atom. The number of rotatable bonds is 18. The van der Waals surface area contributed by atoms with Crippen molar-refractivity contribution < 1.29 is 28.5 Å². The third kappa shape index (κ3) is 17.5. The minimum Gasteiger partial charge on any atom is -0.463 e. The molecule has 6 heteroatoms. The summed E-state index contributed by atoms with van der Waals surface area (Å²) in [6.07, 6.45) is 13.0. The molecule has 1 atom stereocenters. The van der Waals surface area contributed by atoms with Gasteiger partial charge in [0.05, 0.1) is 13.2 Å². The molecule has 0 aromatic carbocycles. The highest BCUT2D eigenvalue weighted by atomic mass is 16.6. The molecular weight excluding hydrogens is 360 g/mol. The number of hydrogen-bond acceptors (Lipinski definition) is 6. The molecule has 0 radical (unpaired) electrons. The first kappa shape index (κ1) is 26.1. The topological polar surface area (TPSA) is 71.1 Å². The van der Waals surface area contributed by atoms with E-state index in [4.69, 9.17) is 18.9 Å². The zero-order chi connectivity index (χ0) is 20.9. The van der Waals surface area contributed by atoms with Crippen molar-refractivity contribution in [3.05, 3.63) is 37.0 Å². The summed E-state index contributed by atoms with van der Waals surface area (Å²) < 4.78 is 20.3. The molecule has 0 saturated heterocycles. The van der Waals surface area contributed by atoms with Gasteiger partial charge in [-0.25, -0.2) is 4.79 Å². The highest BCUT2D eigenvalue weighted by Gasteiger charge is 2.02. The van der Waals surface area contributed by atoms with Gasteiger partial charge in [-0.3, -0.25) is 4.79 Å². The molecule has 0 aromatic heterocycles. The van der Waals surface area contributed by atoms with E-state index in [-0.39, 0.29) is 24.5 Å². The summed E-state index contributed by atoms with van der Waals surface area (Å²) >= 11 is 0. The molecule has 0 spiro atoms. The largest absolute Gasteiger partial charge is 0.463 e. The van der Waals surface area contributed by atoms with E-state index in [1.54, 1.807) is 0 Å². The first-order valence-corrected chi connectivity index (χ1v) is 10.1. The second-order valence-electron chi connectivity index (χ2n) is 5.98. The molecule has 0 aliphatic heterocycles. The van der Waals surface area contributed by atoms with Gasteiger partial charge in [0.2, 0.25) is 0 Å². The summed E-state index contributed by atoms with van der Waals surface area (Å²) in [5.41, 5.74) is 0. The number of unbranched alkanes of at least 4 members (excludes halogenated alkanes) is 1. The summed E-state index contributed by atoms with van der Waals surface area (Å²) in [7, 11) is 0. The van der Waals surface area contributed by atoms with Gasteiger partial charge in [-0.05, 0) is 45.4 Å². The highest BCUT2D eigenvalue weighted by Crippen LogP contribution is 2.11. The summed E-state index contributed by atoms with van der Waals surface area (Å²) in [4.78, 5) is 23.1. The average Bonchev–Trinajstić information content (AvgIpc) is 2.70. The van der Waals surface area contributed by atoms with E-state index in [0.717, 1.165) is 25.7 Å². The van der Waals surface area contributed by atoms with Crippen LogP contribution in [0.25, 0.3) is 0 Å². The second-order valence-corrected chi connectivity index (χ2v) is 5.98. The van der Waals surface area contributed by atoms with E-state index in [9.17, 15) is 9.59 Å². The Hall–Kier alpha value is -1.92. The van der Waals surface area contributed by atoms with Crippen LogP contribution in [0.3, 0.4) is 0 Å². The zero-order valence-electron chi connectivity index (χ0n) is 17.4.